The molecule has 0 aromatic carbocycles. The minimum absolute atomic E-state index is 0.131. The van der Waals surface area contributed by atoms with E-state index in [4.69, 9.17) is 0 Å². The highest BCUT2D eigenvalue weighted by Gasteiger charge is 2.25. The van der Waals surface area contributed by atoms with Gasteiger partial charge in [0.1, 0.15) is 5.60 Å². The highest BCUT2D eigenvalue weighted by molar-refractivity contribution is 5.73. The van der Waals surface area contributed by atoms with E-state index in [1.54, 1.807) is 31.0 Å². The Hall–Kier alpha value is -1.60. The van der Waals surface area contributed by atoms with Gasteiger partial charge in [0.2, 0.25) is 0 Å². The molecule has 0 fully saturated rings. The van der Waals surface area contributed by atoms with Crippen molar-refractivity contribution < 1.29 is 9.90 Å². The first-order valence-electron chi connectivity index (χ1n) is 7.73. The molecule has 0 bridgehead atoms. The van der Waals surface area contributed by atoms with Crippen molar-refractivity contribution in [1.82, 2.24) is 25.3 Å². The average molecular weight is 311 g/mol. The number of carbonyl (C=O) groups excluding carboxylic acids is 1. The third kappa shape index (κ3) is 5.65. The second-order valence-electron chi connectivity index (χ2n) is 6.01. The first kappa shape index (κ1) is 18.4. The van der Waals surface area contributed by atoms with Crippen molar-refractivity contribution in [3.63, 3.8) is 0 Å². The average Bonchev–Trinajstić information content (AvgIpc) is 2.88. The summed E-state index contributed by atoms with van der Waals surface area (Å²) in [6.07, 6.45) is 3.34. The van der Waals surface area contributed by atoms with Gasteiger partial charge < -0.3 is 15.7 Å². The van der Waals surface area contributed by atoms with Gasteiger partial charge in [0.25, 0.3) is 0 Å². The van der Waals surface area contributed by atoms with Crippen LogP contribution in [0.3, 0.4) is 0 Å². The summed E-state index contributed by atoms with van der Waals surface area (Å²) in [4.78, 5) is 14.1. The van der Waals surface area contributed by atoms with Crippen molar-refractivity contribution in [2.75, 3.05) is 26.2 Å². The van der Waals surface area contributed by atoms with Crippen molar-refractivity contribution in [2.45, 2.75) is 39.3 Å². The minimum atomic E-state index is -1.14. The zero-order valence-corrected chi connectivity index (χ0v) is 14.3. The summed E-state index contributed by atoms with van der Waals surface area (Å²) in [6.45, 7) is 10.5. The number of likely N-dealkylation sites (N-methyl/N-ethyl adjacent to an activating group) is 1. The number of carbonyl (C=O) groups is 1. The maximum atomic E-state index is 11.8. The number of aromatic nitrogens is 2. The summed E-state index contributed by atoms with van der Waals surface area (Å²) in [5.74, 6) is 0. The molecule has 3 N–H and O–H groups in total. The summed E-state index contributed by atoms with van der Waals surface area (Å²) >= 11 is 0. The monoisotopic (exact) mass is 311 g/mol. The molecule has 22 heavy (non-hydrogen) atoms. The highest BCUT2D eigenvalue weighted by Crippen LogP contribution is 2.18. The number of amides is 2. The fraction of sp³-hybridized carbons (Fsp3) is 0.733. The summed E-state index contributed by atoms with van der Waals surface area (Å²) in [6, 6.07) is 0.185. The molecule has 0 radical (unpaired) electrons. The van der Waals surface area contributed by atoms with Gasteiger partial charge in [0.05, 0.1) is 12.7 Å². The summed E-state index contributed by atoms with van der Waals surface area (Å²) in [5, 5.41) is 19.9. The number of hydrogen-bond acceptors (Lipinski definition) is 4. The number of nitrogens with zero attached hydrogens (tertiary/aromatic N) is 3. The Morgan fingerprint density at radius 3 is 2.68 bits per heavy atom. The molecule has 7 nitrogen and oxygen atoms in total. The molecule has 0 aliphatic carbocycles. The maximum Gasteiger partial charge on any atom is 0.314 e. The van der Waals surface area contributed by atoms with E-state index in [0.717, 1.165) is 13.1 Å². The Balaban J connectivity index is 2.34. The fourth-order valence-corrected chi connectivity index (χ4v) is 2.21. The van der Waals surface area contributed by atoms with Gasteiger partial charge in [-0.25, -0.2) is 4.79 Å². The van der Waals surface area contributed by atoms with E-state index in [1.165, 1.54) is 0 Å². The second-order valence-corrected chi connectivity index (χ2v) is 6.01. The Morgan fingerprint density at radius 2 is 2.18 bits per heavy atom. The van der Waals surface area contributed by atoms with E-state index in [1.807, 2.05) is 0 Å². The minimum Gasteiger partial charge on any atom is -0.383 e. The summed E-state index contributed by atoms with van der Waals surface area (Å²) in [7, 11) is 1.79. The van der Waals surface area contributed by atoms with Gasteiger partial charge in [-0.2, -0.15) is 5.10 Å². The molecule has 1 unspecified atom stereocenters. The Labute approximate surface area is 132 Å². The van der Waals surface area contributed by atoms with Crippen molar-refractivity contribution >= 4 is 6.03 Å². The van der Waals surface area contributed by atoms with Crippen LogP contribution in [0.25, 0.3) is 0 Å². The van der Waals surface area contributed by atoms with Gasteiger partial charge in [-0.3, -0.25) is 9.58 Å². The van der Waals surface area contributed by atoms with Gasteiger partial charge >= 0.3 is 6.03 Å². The van der Waals surface area contributed by atoms with Crippen molar-refractivity contribution in [3.8, 4) is 0 Å². The Bertz CT molecular complexity index is 470. The molecule has 1 heterocycles. The second kappa shape index (κ2) is 8.14. The predicted octanol–water partition coefficient (Wildman–Crippen LogP) is 0.657. The Morgan fingerprint density at radius 1 is 1.50 bits per heavy atom. The topological polar surface area (TPSA) is 82.4 Å². The van der Waals surface area contributed by atoms with Gasteiger partial charge in [0.15, 0.2) is 0 Å². The van der Waals surface area contributed by atoms with Crippen LogP contribution in [0, 0.1) is 0 Å². The molecule has 2 amide bonds. The molecule has 1 rings (SSSR count). The van der Waals surface area contributed by atoms with E-state index in [-0.39, 0.29) is 12.6 Å². The van der Waals surface area contributed by atoms with Gasteiger partial charge in [0, 0.05) is 37.9 Å². The normalized spacial score (nSPS) is 14.2. The highest BCUT2D eigenvalue weighted by atomic mass is 16.3. The van der Waals surface area contributed by atoms with Gasteiger partial charge in [-0.15, -0.1) is 0 Å². The Kier molecular flexibility index (Phi) is 6.83. The van der Waals surface area contributed by atoms with E-state index in [9.17, 15) is 9.90 Å². The number of aryl methyl sites for hydroxylation is 1. The van der Waals surface area contributed by atoms with Crippen molar-refractivity contribution in [1.29, 1.82) is 0 Å². The lowest BCUT2D eigenvalue weighted by atomic mass is 10.00. The third-order valence-electron chi connectivity index (χ3n) is 3.74. The molecular formula is C15H29N5O2. The zero-order valence-electron chi connectivity index (χ0n) is 14.3. The first-order valence-corrected chi connectivity index (χ1v) is 7.73. The van der Waals surface area contributed by atoms with Crippen LogP contribution in [0.15, 0.2) is 12.4 Å². The molecule has 0 saturated heterocycles. The van der Waals surface area contributed by atoms with Crippen LogP contribution >= 0.6 is 0 Å². The van der Waals surface area contributed by atoms with Crippen LogP contribution in [0.2, 0.25) is 0 Å². The lowest BCUT2D eigenvalue weighted by Gasteiger charge is -2.25. The molecule has 126 valence electrons. The zero-order chi connectivity index (χ0) is 16.8. The molecule has 0 saturated carbocycles. The molecular weight excluding hydrogens is 282 g/mol. The van der Waals surface area contributed by atoms with E-state index in [2.05, 4.69) is 41.4 Å². The molecule has 0 aliphatic rings. The van der Waals surface area contributed by atoms with Crippen LogP contribution in [0.4, 0.5) is 4.79 Å². The van der Waals surface area contributed by atoms with E-state index >= 15 is 0 Å². The third-order valence-corrected chi connectivity index (χ3v) is 3.74. The van der Waals surface area contributed by atoms with Crippen LogP contribution < -0.4 is 10.6 Å². The molecule has 1 aromatic rings. The molecule has 1 aromatic heterocycles. The molecule has 0 aliphatic heterocycles. The van der Waals surface area contributed by atoms with E-state index in [0.29, 0.717) is 18.2 Å². The van der Waals surface area contributed by atoms with Gasteiger partial charge in [-0.05, 0) is 27.3 Å². The van der Waals surface area contributed by atoms with Crippen LogP contribution in [-0.4, -0.2) is 58.0 Å². The summed E-state index contributed by atoms with van der Waals surface area (Å²) in [5.41, 5.74) is -0.466. The molecule has 0 spiro atoms. The number of aliphatic hydroxyl groups is 1. The smallest absolute Gasteiger partial charge is 0.314 e. The lowest BCUT2D eigenvalue weighted by Crippen LogP contribution is -2.46. The maximum absolute atomic E-state index is 11.8. The largest absolute Gasteiger partial charge is 0.383 e. The fourth-order valence-electron chi connectivity index (χ4n) is 2.21. The number of hydrogen-bond donors (Lipinski definition) is 3. The van der Waals surface area contributed by atoms with Crippen LogP contribution in [0.1, 0.15) is 33.3 Å². The SMILES string of the molecule is CCN(CCNC(=O)NCC(C)(O)c1cnn(C)c1)C(C)C. The van der Waals surface area contributed by atoms with Crippen molar-refractivity contribution in [3.05, 3.63) is 18.0 Å². The standard InChI is InChI=1S/C15H29N5O2/c1-6-20(12(2)3)8-7-16-14(21)17-11-15(4,22)13-9-18-19(5)10-13/h9-10,12,22H,6-8,11H2,1-5H3,(H2,16,17,21). The lowest BCUT2D eigenvalue weighted by molar-refractivity contribution is 0.0593. The summed E-state index contributed by atoms with van der Waals surface area (Å²) < 4.78 is 1.62. The molecule has 7 heteroatoms. The first-order chi connectivity index (χ1) is 10.3. The van der Waals surface area contributed by atoms with E-state index < -0.39 is 5.60 Å². The van der Waals surface area contributed by atoms with Crippen LogP contribution in [-0.2, 0) is 12.6 Å². The van der Waals surface area contributed by atoms with Crippen LogP contribution in [0.5, 0.6) is 0 Å². The number of rotatable bonds is 8. The predicted molar refractivity (Wildman–Crippen MR) is 86.6 cm³/mol. The van der Waals surface area contributed by atoms with Gasteiger partial charge in [-0.1, -0.05) is 6.92 Å². The number of urea groups is 1. The van der Waals surface area contributed by atoms with Crippen molar-refractivity contribution in [2.24, 2.45) is 7.05 Å². The number of nitrogens with one attached hydrogen (secondary N) is 2. The quantitative estimate of drug-likeness (QED) is 0.658. The molecule has 1 atom stereocenters.